The molecule has 0 N–H and O–H groups in total. The van der Waals surface area contributed by atoms with E-state index in [0.717, 1.165) is 5.56 Å². The van der Waals surface area contributed by atoms with Gasteiger partial charge in [0.1, 0.15) is 17.4 Å². The number of halogens is 1. The van der Waals surface area contributed by atoms with E-state index < -0.39 is 16.6 Å². The molecule has 0 aromatic heterocycles. The molecule has 18 heavy (non-hydrogen) atoms. The number of benzene rings is 2. The fourth-order valence-electron chi connectivity index (χ4n) is 1.56. The van der Waals surface area contributed by atoms with Gasteiger partial charge in [-0.05, 0) is 31.2 Å². The highest BCUT2D eigenvalue weighted by Crippen LogP contribution is 2.22. The van der Waals surface area contributed by atoms with Gasteiger partial charge in [-0.25, -0.2) is 8.60 Å². The number of rotatable bonds is 2. The molecule has 0 aliphatic carbocycles. The SMILES string of the molecule is Cc1ccc([S@](=O)c2cccc(F)c2C#N)cc1. The molecule has 0 spiro atoms. The summed E-state index contributed by atoms with van der Waals surface area (Å²) in [6.07, 6.45) is 0. The second-order valence-electron chi connectivity index (χ2n) is 3.81. The van der Waals surface area contributed by atoms with Crippen molar-refractivity contribution < 1.29 is 8.60 Å². The van der Waals surface area contributed by atoms with Crippen LogP contribution in [0.25, 0.3) is 0 Å². The fraction of sp³-hybridized carbons (Fsp3) is 0.0714. The Balaban J connectivity index is 2.50. The topological polar surface area (TPSA) is 40.9 Å². The van der Waals surface area contributed by atoms with E-state index in [4.69, 9.17) is 5.26 Å². The van der Waals surface area contributed by atoms with Gasteiger partial charge < -0.3 is 0 Å². The molecule has 0 unspecified atom stereocenters. The summed E-state index contributed by atoms with van der Waals surface area (Å²) in [4.78, 5) is 0.768. The first kappa shape index (κ1) is 12.5. The molecule has 0 fully saturated rings. The highest BCUT2D eigenvalue weighted by molar-refractivity contribution is 7.85. The molecule has 0 saturated carbocycles. The van der Waals surface area contributed by atoms with E-state index in [1.54, 1.807) is 18.2 Å². The average molecular weight is 259 g/mol. The van der Waals surface area contributed by atoms with Crippen LogP contribution < -0.4 is 0 Å². The highest BCUT2D eigenvalue weighted by atomic mass is 32.2. The summed E-state index contributed by atoms with van der Waals surface area (Å²) in [5.74, 6) is -0.643. The molecule has 2 aromatic carbocycles. The maximum atomic E-state index is 13.4. The quantitative estimate of drug-likeness (QED) is 0.831. The third-order valence-corrected chi connectivity index (χ3v) is 3.96. The summed E-state index contributed by atoms with van der Waals surface area (Å²) < 4.78 is 25.7. The molecule has 0 saturated heterocycles. The predicted molar refractivity (Wildman–Crippen MR) is 67.0 cm³/mol. The van der Waals surface area contributed by atoms with Gasteiger partial charge in [0.15, 0.2) is 0 Å². The third kappa shape index (κ3) is 2.31. The first-order valence-electron chi connectivity index (χ1n) is 5.30. The first-order valence-corrected chi connectivity index (χ1v) is 6.45. The zero-order valence-corrected chi connectivity index (χ0v) is 10.5. The van der Waals surface area contributed by atoms with Gasteiger partial charge in [-0.2, -0.15) is 5.26 Å². The van der Waals surface area contributed by atoms with E-state index in [-0.39, 0.29) is 10.5 Å². The minimum atomic E-state index is -1.54. The second kappa shape index (κ2) is 5.11. The van der Waals surface area contributed by atoms with Crippen molar-refractivity contribution in [2.45, 2.75) is 16.7 Å². The van der Waals surface area contributed by atoms with Crippen LogP contribution in [0.2, 0.25) is 0 Å². The molecule has 1 atom stereocenters. The summed E-state index contributed by atoms with van der Waals surface area (Å²) in [5.41, 5.74) is 0.895. The van der Waals surface area contributed by atoms with E-state index in [0.29, 0.717) is 4.90 Å². The molecule has 0 heterocycles. The minimum Gasteiger partial charge on any atom is -0.249 e. The van der Waals surface area contributed by atoms with Crippen LogP contribution in [0.5, 0.6) is 0 Å². The summed E-state index contributed by atoms with van der Waals surface area (Å²) in [7, 11) is -1.54. The van der Waals surface area contributed by atoms with Crippen LogP contribution in [-0.4, -0.2) is 4.21 Å². The van der Waals surface area contributed by atoms with Crippen molar-refractivity contribution in [1.29, 1.82) is 5.26 Å². The standard InChI is InChI=1S/C14H10FNOS/c1-10-5-7-11(8-6-10)18(17)14-4-2-3-13(15)12(14)9-16/h2-8H,1H3/t18-/m0/s1. The lowest BCUT2D eigenvalue weighted by molar-refractivity contribution is 0.618. The van der Waals surface area contributed by atoms with Gasteiger partial charge in [-0.3, -0.25) is 0 Å². The van der Waals surface area contributed by atoms with Gasteiger partial charge in [0.25, 0.3) is 0 Å². The second-order valence-corrected chi connectivity index (χ2v) is 5.26. The molecular formula is C14H10FNOS. The van der Waals surface area contributed by atoms with E-state index in [1.165, 1.54) is 18.2 Å². The van der Waals surface area contributed by atoms with Crippen molar-refractivity contribution in [2.24, 2.45) is 0 Å². The van der Waals surface area contributed by atoms with Crippen molar-refractivity contribution in [2.75, 3.05) is 0 Å². The van der Waals surface area contributed by atoms with Gasteiger partial charge in [0, 0.05) is 4.90 Å². The summed E-state index contributed by atoms with van der Waals surface area (Å²) in [6, 6.07) is 13.0. The number of nitrogens with zero attached hydrogens (tertiary/aromatic N) is 1. The van der Waals surface area contributed by atoms with Gasteiger partial charge in [-0.15, -0.1) is 0 Å². The number of hydrogen-bond donors (Lipinski definition) is 0. The molecule has 0 bridgehead atoms. The lowest BCUT2D eigenvalue weighted by Crippen LogP contribution is -1.98. The summed E-state index contributed by atoms with van der Waals surface area (Å²) >= 11 is 0. The molecule has 2 nitrogen and oxygen atoms in total. The van der Waals surface area contributed by atoms with Gasteiger partial charge in [0.05, 0.1) is 15.7 Å². The third-order valence-electron chi connectivity index (χ3n) is 2.52. The minimum absolute atomic E-state index is 0.156. The molecule has 4 heteroatoms. The molecule has 0 amide bonds. The van der Waals surface area contributed by atoms with Crippen LogP contribution in [0.3, 0.4) is 0 Å². The lowest BCUT2D eigenvalue weighted by atomic mass is 10.2. The van der Waals surface area contributed by atoms with E-state index >= 15 is 0 Å². The highest BCUT2D eigenvalue weighted by Gasteiger charge is 2.15. The van der Waals surface area contributed by atoms with Crippen LogP contribution in [-0.2, 0) is 10.8 Å². The predicted octanol–water partition coefficient (Wildman–Crippen LogP) is 3.17. The molecule has 2 rings (SSSR count). The molecule has 0 aliphatic rings. The molecule has 0 radical (unpaired) electrons. The van der Waals surface area contributed by atoms with E-state index in [2.05, 4.69) is 0 Å². The number of aryl methyl sites for hydroxylation is 1. The maximum absolute atomic E-state index is 13.4. The number of nitriles is 1. The fourth-order valence-corrected chi connectivity index (χ4v) is 2.72. The Labute approximate surface area is 107 Å². The smallest absolute Gasteiger partial charge is 0.142 e. The Morgan fingerprint density at radius 2 is 1.83 bits per heavy atom. The van der Waals surface area contributed by atoms with Gasteiger partial charge >= 0.3 is 0 Å². The average Bonchev–Trinajstić information content (AvgIpc) is 2.38. The van der Waals surface area contributed by atoms with Crippen LogP contribution in [0.1, 0.15) is 11.1 Å². The van der Waals surface area contributed by atoms with Gasteiger partial charge in [0.2, 0.25) is 0 Å². The molecule has 2 aromatic rings. The van der Waals surface area contributed by atoms with Crippen molar-refractivity contribution in [3.63, 3.8) is 0 Å². The Hall–Kier alpha value is -1.99. The molecule has 90 valence electrons. The van der Waals surface area contributed by atoms with Crippen molar-refractivity contribution in [3.8, 4) is 6.07 Å². The zero-order chi connectivity index (χ0) is 13.1. The molecular weight excluding hydrogens is 249 g/mol. The summed E-state index contributed by atoms with van der Waals surface area (Å²) in [6.45, 7) is 1.93. The van der Waals surface area contributed by atoms with E-state index in [1.807, 2.05) is 19.1 Å². The van der Waals surface area contributed by atoms with Crippen LogP contribution >= 0.6 is 0 Å². The Kier molecular flexibility index (Phi) is 3.54. The summed E-state index contributed by atoms with van der Waals surface area (Å²) in [5, 5.41) is 8.91. The van der Waals surface area contributed by atoms with Crippen LogP contribution in [0.15, 0.2) is 52.3 Å². The maximum Gasteiger partial charge on any atom is 0.142 e. The Morgan fingerprint density at radius 3 is 2.44 bits per heavy atom. The van der Waals surface area contributed by atoms with Crippen molar-refractivity contribution >= 4 is 10.8 Å². The van der Waals surface area contributed by atoms with Crippen LogP contribution in [0.4, 0.5) is 4.39 Å². The Morgan fingerprint density at radius 1 is 1.17 bits per heavy atom. The normalized spacial score (nSPS) is 11.8. The first-order chi connectivity index (χ1) is 8.63. The number of hydrogen-bond acceptors (Lipinski definition) is 2. The van der Waals surface area contributed by atoms with Crippen molar-refractivity contribution in [3.05, 3.63) is 59.4 Å². The van der Waals surface area contributed by atoms with Crippen molar-refractivity contribution in [1.82, 2.24) is 0 Å². The van der Waals surface area contributed by atoms with Crippen LogP contribution in [0, 0.1) is 24.1 Å². The largest absolute Gasteiger partial charge is 0.249 e. The monoisotopic (exact) mass is 259 g/mol. The van der Waals surface area contributed by atoms with E-state index in [9.17, 15) is 8.60 Å². The van der Waals surface area contributed by atoms with Gasteiger partial charge in [-0.1, -0.05) is 23.8 Å². The zero-order valence-electron chi connectivity index (χ0n) is 9.68. The Bertz CT molecular complexity index is 644. The lowest BCUT2D eigenvalue weighted by Gasteiger charge is -2.05. The molecule has 0 aliphatic heterocycles.